The summed E-state index contributed by atoms with van der Waals surface area (Å²) >= 11 is 0. The van der Waals surface area contributed by atoms with Gasteiger partial charge >= 0.3 is 0 Å². The zero-order valence-corrected chi connectivity index (χ0v) is 17.3. The molecule has 5 nitrogen and oxygen atoms in total. The second-order valence-electron chi connectivity index (χ2n) is 8.04. The molecule has 0 saturated carbocycles. The molecule has 1 aliphatic rings. The maximum absolute atomic E-state index is 12.6. The van der Waals surface area contributed by atoms with E-state index in [4.69, 9.17) is 0 Å². The smallest absolute Gasteiger partial charge is 0.252 e. The highest BCUT2D eigenvalue weighted by Gasteiger charge is 2.25. The van der Waals surface area contributed by atoms with Gasteiger partial charge in [0.25, 0.3) is 5.91 Å². The Bertz CT molecular complexity index is 630. The molecule has 1 aromatic rings. The number of carbonyl (C=O) groups is 2. The molecule has 2 atom stereocenters. The number of likely N-dealkylation sites (tertiary alicyclic amines) is 1. The molecule has 1 aromatic carbocycles. The topological polar surface area (TPSA) is 61.4 Å². The fourth-order valence-electron chi connectivity index (χ4n) is 3.68. The van der Waals surface area contributed by atoms with E-state index in [2.05, 4.69) is 22.5 Å². The van der Waals surface area contributed by atoms with Crippen LogP contribution in [0.2, 0.25) is 0 Å². The number of amides is 2. The largest absolute Gasteiger partial charge is 0.354 e. The second-order valence-corrected chi connectivity index (χ2v) is 8.04. The Morgan fingerprint density at radius 3 is 2.63 bits per heavy atom. The number of hydrogen-bond donors (Lipinski definition) is 2. The Hall–Kier alpha value is -1.88. The summed E-state index contributed by atoms with van der Waals surface area (Å²) in [6.07, 6.45) is 4.81. The third kappa shape index (κ3) is 6.35. The van der Waals surface area contributed by atoms with E-state index < -0.39 is 6.04 Å². The van der Waals surface area contributed by atoms with Gasteiger partial charge in [-0.15, -0.1) is 0 Å². The van der Waals surface area contributed by atoms with Crippen molar-refractivity contribution in [3.8, 4) is 0 Å². The monoisotopic (exact) mass is 373 g/mol. The van der Waals surface area contributed by atoms with Crippen LogP contribution in [-0.2, 0) is 4.79 Å². The lowest BCUT2D eigenvalue weighted by atomic mass is 10.0. The lowest BCUT2D eigenvalue weighted by Crippen LogP contribution is -2.50. The minimum absolute atomic E-state index is 0.0279. The molecule has 2 rings (SSSR count). The van der Waals surface area contributed by atoms with Crippen LogP contribution in [0, 0.1) is 12.8 Å². The summed E-state index contributed by atoms with van der Waals surface area (Å²) in [7, 11) is 0. The van der Waals surface area contributed by atoms with Gasteiger partial charge in [-0.05, 0) is 57.2 Å². The van der Waals surface area contributed by atoms with Gasteiger partial charge in [-0.1, -0.05) is 38.5 Å². The minimum Gasteiger partial charge on any atom is -0.354 e. The summed E-state index contributed by atoms with van der Waals surface area (Å²) in [5.41, 5.74) is 1.53. The van der Waals surface area contributed by atoms with Gasteiger partial charge in [-0.25, -0.2) is 0 Å². The normalized spacial score (nSPS) is 18.9. The van der Waals surface area contributed by atoms with Gasteiger partial charge < -0.3 is 15.5 Å². The van der Waals surface area contributed by atoms with E-state index in [1.807, 2.05) is 39.0 Å². The standard InChI is InChI=1S/C22H35N3O2/c1-16(2)20(24-21(26)19-12-6-5-10-17(19)3)22(27)23-13-9-15-25-14-8-7-11-18(25)4/h5-6,10,12,16,18,20H,7-9,11,13-15H2,1-4H3,(H,23,27)(H,24,26). The molecule has 1 heterocycles. The molecule has 27 heavy (non-hydrogen) atoms. The highest BCUT2D eigenvalue weighted by molar-refractivity contribution is 5.98. The van der Waals surface area contributed by atoms with Crippen LogP contribution in [-0.4, -0.2) is 48.4 Å². The number of rotatable bonds is 8. The van der Waals surface area contributed by atoms with Crippen LogP contribution < -0.4 is 10.6 Å². The maximum atomic E-state index is 12.6. The molecule has 0 bridgehead atoms. The van der Waals surface area contributed by atoms with Crippen molar-refractivity contribution in [2.24, 2.45) is 5.92 Å². The first-order chi connectivity index (χ1) is 12.9. The molecule has 2 N–H and O–H groups in total. The van der Waals surface area contributed by atoms with Crippen molar-refractivity contribution in [2.45, 2.75) is 65.5 Å². The number of aryl methyl sites for hydroxylation is 1. The van der Waals surface area contributed by atoms with Crippen LogP contribution in [0.5, 0.6) is 0 Å². The highest BCUT2D eigenvalue weighted by Crippen LogP contribution is 2.16. The molecule has 1 fully saturated rings. The first kappa shape index (κ1) is 21.4. The fraction of sp³-hybridized carbons (Fsp3) is 0.636. The summed E-state index contributed by atoms with van der Waals surface area (Å²) in [6.45, 7) is 10.9. The van der Waals surface area contributed by atoms with Crippen molar-refractivity contribution < 1.29 is 9.59 Å². The summed E-state index contributed by atoms with van der Waals surface area (Å²) in [5, 5.41) is 5.92. The molecule has 1 saturated heterocycles. The van der Waals surface area contributed by atoms with Crippen molar-refractivity contribution in [2.75, 3.05) is 19.6 Å². The average molecular weight is 374 g/mol. The molecular formula is C22H35N3O2. The summed E-state index contributed by atoms with van der Waals surface area (Å²) in [6, 6.07) is 7.56. The van der Waals surface area contributed by atoms with Crippen molar-refractivity contribution in [1.82, 2.24) is 15.5 Å². The van der Waals surface area contributed by atoms with E-state index in [0.29, 0.717) is 18.2 Å². The maximum Gasteiger partial charge on any atom is 0.252 e. The highest BCUT2D eigenvalue weighted by atomic mass is 16.2. The third-order valence-electron chi connectivity index (χ3n) is 5.49. The number of nitrogens with zero attached hydrogens (tertiary/aromatic N) is 1. The van der Waals surface area contributed by atoms with Crippen LogP contribution >= 0.6 is 0 Å². The molecule has 1 aliphatic heterocycles. The molecule has 2 amide bonds. The fourth-order valence-corrected chi connectivity index (χ4v) is 3.68. The number of hydrogen-bond acceptors (Lipinski definition) is 3. The van der Waals surface area contributed by atoms with Crippen LogP contribution in [0.25, 0.3) is 0 Å². The van der Waals surface area contributed by atoms with Crippen LogP contribution in [0.3, 0.4) is 0 Å². The zero-order chi connectivity index (χ0) is 19.8. The SMILES string of the molecule is Cc1ccccc1C(=O)NC(C(=O)NCCCN1CCCCC1C)C(C)C. The molecule has 0 radical (unpaired) electrons. The van der Waals surface area contributed by atoms with Gasteiger partial charge in [-0.2, -0.15) is 0 Å². The quantitative estimate of drug-likeness (QED) is 0.688. The van der Waals surface area contributed by atoms with Crippen LogP contribution in [0.1, 0.15) is 62.4 Å². The van der Waals surface area contributed by atoms with Gasteiger partial charge in [0.2, 0.25) is 5.91 Å². The Morgan fingerprint density at radius 1 is 1.22 bits per heavy atom. The van der Waals surface area contributed by atoms with Gasteiger partial charge in [0.05, 0.1) is 0 Å². The molecule has 5 heteroatoms. The Labute approximate surface area is 163 Å². The van der Waals surface area contributed by atoms with Crippen LogP contribution in [0.15, 0.2) is 24.3 Å². The number of piperidine rings is 1. The Balaban J connectivity index is 1.82. The van der Waals surface area contributed by atoms with E-state index in [1.165, 1.54) is 19.3 Å². The summed E-state index contributed by atoms with van der Waals surface area (Å²) in [4.78, 5) is 27.7. The summed E-state index contributed by atoms with van der Waals surface area (Å²) in [5.74, 6) is -0.261. The lowest BCUT2D eigenvalue weighted by molar-refractivity contribution is -0.123. The predicted octanol–water partition coefficient (Wildman–Crippen LogP) is 3.13. The third-order valence-corrected chi connectivity index (χ3v) is 5.49. The van der Waals surface area contributed by atoms with E-state index in [9.17, 15) is 9.59 Å². The minimum atomic E-state index is -0.522. The average Bonchev–Trinajstić information content (AvgIpc) is 2.64. The van der Waals surface area contributed by atoms with Gasteiger partial charge in [0.1, 0.15) is 6.04 Å². The zero-order valence-electron chi connectivity index (χ0n) is 17.3. The summed E-state index contributed by atoms with van der Waals surface area (Å²) < 4.78 is 0. The molecular weight excluding hydrogens is 338 g/mol. The van der Waals surface area contributed by atoms with Crippen molar-refractivity contribution in [1.29, 1.82) is 0 Å². The molecule has 0 aliphatic carbocycles. The first-order valence-electron chi connectivity index (χ1n) is 10.3. The number of nitrogens with one attached hydrogen (secondary N) is 2. The Kier molecular flexibility index (Phi) is 8.29. The van der Waals surface area contributed by atoms with Crippen molar-refractivity contribution >= 4 is 11.8 Å². The van der Waals surface area contributed by atoms with E-state index in [-0.39, 0.29) is 17.7 Å². The molecule has 0 aromatic heterocycles. The van der Waals surface area contributed by atoms with E-state index in [0.717, 1.165) is 25.1 Å². The van der Waals surface area contributed by atoms with Crippen molar-refractivity contribution in [3.63, 3.8) is 0 Å². The first-order valence-corrected chi connectivity index (χ1v) is 10.3. The lowest BCUT2D eigenvalue weighted by Gasteiger charge is -2.33. The van der Waals surface area contributed by atoms with E-state index >= 15 is 0 Å². The number of benzene rings is 1. The molecule has 150 valence electrons. The van der Waals surface area contributed by atoms with Gasteiger partial charge in [0, 0.05) is 24.7 Å². The number of carbonyl (C=O) groups excluding carboxylic acids is 2. The molecule has 0 spiro atoms. The van der Waals surface area contributed by atoms with Crippen LogP contribution in [0.4, 0.5) is 0 Å². The second kappa shape index (κ2) is 10.5. The van der Waals surface area contributed by atoms with Crippen molar-refractivity contribution in [3.05, 3.63) is 35.4 Å². The molecule has 2 unspecified atom stereocenters. The van der Waals surface area contributed by atoms with E-state index in [1.54, 1.807) is 6.07 Å². The van der Waals surface area contributed by atoms with Gasteiger partial charge in [-0.3, -0.25) is 9.59 Å². The Morgan fingerprint density at radius 2 is 1.96 bits per heavy atom. The van der Waals surface area contributed by atoms with Gasteiger partial charge in [0.15, 0.2) is 0 Å². The predicted molar refractivity (Wildman–Crippen MR) is 110 cm³/mol.